The minimum absolute atomic E-state index is 0.0336. The number of hydrogen-bond acceptors (Lipinski definition) is 3. The third kappa shape index (κ3) is 5.43. The van der Waals surface area contributed by atoms with E-state index in [-0.39, 0.29) is 18.4 Å². The second kappa shape index (κ2) is 8.72. The fourth-order valence-electron chi connectivity index (χ4n) is 2.38. The lowest BCUT2D eigenvalue weighted by atomic mass is 10.2. The molecular formula is C19H23N3O2. The number of amides is 2. The van der Waals surface area contributed by atoms with Gasteiger partial charge in [-0.15, -0.1) is 0 Å². The Morgan fingerprint density at radius 1 is 1.00 bits per heavy atom. The minimum Gasteiger partial charge on any atom is -0.376 e. The molecule has 2 N–H and O–H groups in total. The van der Waals surface area contributed by atoms with Crippen molar-refractivity contribution in [1.82, 2.24) is 4.90 Å². The molecule has 126 valence electrons. The third-order valence-corrected chi connectivity index (χ3v) is 3.58. The van der Waals surface area contributed by atoms with Gasteiger partial charge in [0.2, 0.25) is 11.8 Å². The molecule has 0 aromatic heterocycles. The second-order valence-electron chi connectivity index (χ2n) is 5.51. The van der Waals surface area contributed by atoms with Crippen LogP contribution in [0.25, 0.3) is 0 Å². The van der Waals surface area contributed by atoms with Crippen molar-refractivity contribution in [3.63, 3.8) is 0 Å². The van der Waals surface area contributed by atoms with Crippen molar-refractivity contribution in [2.45, 2.75) is 20.4 Å². The summed E-state index contributed by atoms with van der Waals surface area (Å²) in [5.41, 5.74) is 2.61. The van der Waals surface area contributed by atoms with E-state index in [1.807, 2.05) is 61.5 Å². The summed E-state index contributed by atoms with van der Waals surface area (Å²) in [6, 6.07) is 17.3. The van der Waals surface area contributed by atoms with Gasteiger partial charge in [-0.3, -0.25) is 9.59 Å². The number of likely N-dealkylation sites (N-methyl/N-ethyl adjacent to an activating group) is 1. The van der Waals surface area contributed by atoms with Gasteiger partial charge in [-0.05, 0) is 30.7 Å². The van der Waals surface area contributed by atoms with E-state index in [9.17, 15) is 9.59 Å². The van der Waals surface area contributed by atoms with Crippen molar-refractivity contribution in [1.29, 1.82) is 0 Å². The number of nitrogens with zero attached hydrogens (tertiary/aromatic N) is 1. The fourth-order valence-corrected chi connectivity index (χ4v) is 2.38. The van der Waals surface area contributed by atoms with E-state index in [0.717, 1.165) is 11.3 Å². The molecule has 0 radical (unpaired) electrons. The van der Waals surface area contributed by atoms with Gasteiger partial charge in [0.1, 0.15) is 0 Å². The molecule has 0 aliphatic rings. The zero-order chi connectivity index (χ0) is 17.4. The summed E-state index contributed by atoms with van der Waals surface area (Å²) in [5.74, 6) is -0.0884. The van der Waals surface area contributed by atoms with Gasteiger partial charge >= 0.3 is 0 Å². The average molecular weight is 325 g/mol. The van der Waals surface area contributed by atoms with Gasteiger partial charge < -0.3 is 15.5 Å². The first-order valence-corrected chi connectivity index (χ1v) is 8.01. The van der Waals surface area contributed by atoms with Crippen molar-refractivity contribution in [2.24, 2.45) is 0 Å². The van der Waals surface area contributed by atoms with Crippen LogP contribution >= 0.6 is 0 Å². The molecule has 2 amide bonds. The van der Waals surface area contributed by atoms with E-state index in [0.29, 0.717) is 18.8 Å². The molecule has 0 saturated heterocycles. The van der Waals surface area contributed by atoms with Gasteiger partial charge in [0.15, 0.2) is 0 Å². The number of anilines is 2. The molecule has 0 unspecified atom stereocenters. The predicted octanol–water partition coefficient (Wildman–Crippen LogP) is 3.11. The highest BCUT2D eigenvalue weighted by molar-refractivity contribution is 5.89. The first-order chi connectivity index (χ1) is 11.6. The highest BCUT2D eigenvalue weighted by Crippen LogP contribution is 2.15. The lowest BCUT2D eigenvalue weighted by Gasteiger charge is -2.21. The Bertz CT molecular complexity index is 686. The Morgan fingerprint density at radius 3 is 2.38 bits per heavy atom. The van der Waals surface area contributed by atoms with Crippen LogP contribution in [0.1, 0.15) is 19.4 Å². The van der Waals surface area contributed by atoms with Crippen LogP contribution in [0, 0.1) is 0 Å². The lowest BCUT2D eigenvalue weighted by Crippen LogP contribution is -2.34. The summed E-state index contributed by atoms with van der Waals surface area (Å²) in [7, 11) is 0. The van der Waals surface area contributed by atoms with E-state index >= 15 is 0 Å². The van der Waals surface area contributed by atoms with Gasteiger partial charge in [-0.25, -0.2) is 0 Å². The van der Waals surface area contributed by atoms with E-state index < -0.39 is 0 Å². The zero-order valence-corrected chi connectivity index (χ0v) is 14.1. The molecule has 0 bridgehead atoms. The quantitative estimate of drug-likeness (QED) is 0.822. The largest absolute Gasteiger partial charge is 0.376 e. The topological polar surface area (TPSA) is 61.4 Å². The minimum atomic E-state index is -0.122. The average Bonchev–Trinajstić information content (AvgIpc) is 2.58. The van der Waals surface area contributed by atoms with Crippen molar-refractivity contribution in [2.75, 3.05) is 23.7 Å². The summed E-state index contributed by atoms with van der Waals surface area (Å²) in [5, 5.41) is 5.84. The molecule has 2 aromatic carbocycles. The van der Waals surface area contributed by atoms with Crippen molar-refractivity contribution in [3.05, 3.63) is 60.2 Å². The van der Waals surface area contributed by atoms with Crippen LogP contribution < -0.4 is 10.6 Å². The Morgan fingerprint density at radius 2 is 1.71 bits per heavy atom. The normalized spacial score (nSPS) is 10.1. The summed E-state index contributed by atoms with van der Waals surface area (Å²) >= 11 is 0. The Kier molecular flexibility index (Phi) is 6.37. The van der Waals surface area contributed by atoms with E-state index in [1.165, 1.54) is 6.92 Å². The summed E-state index contributed by atoms with van der Waals surface area (Å²) < 4.78 is 0. The van der Waals surface area contributed by atoms with E-state index in [4.69, 9.17) is 0 Å². The van der Waals surface area contributed by atoms with Gasteiger partial charge in [0.05, 0.1) is 6.54 Å². The molecule has 5 nitrogen and oxygen atoms in total. The molecule has 0 fully saturated rings. The van der Waals surface area contributed by atoms with Crippen molar-refractivity contribution in [3.8, 4) is 0 Å². The second-order valence-corrected chi connectivity index (χ2v) is 5.51. The van der Waals surface area contributed by atoms with Crippen LogP contribution in [0.5, 0.6) is 0 Å². The number of nitrogens with one attached hydrogen (secondary N) is 2. The van der Waals surface area contributed by atoms with Crippen LogP contribution in [-0.2, 0) is 16.1 Å². The summed E-state index contributed by atoms with van der Waals surface area (Å²) in [6.45, 7) is 4.90. The predicted molar refractivity (Wildman–Crippen MR) is 96.8 cm³/mol. The third-order valence-electron chi connectivity index (χ3n) is 3.58. The molecular weight excluding hydrogens is 302 g/mol. The number of hydrogen-bond donors (Lipinski definition) is 2. The maximum Gasteiger partial charge on any atom is 0.242 e. The fraction of sp³-hybridized carbons (Fsp3) is 0.263. The lowest BCUT2D eigenvalue weighted by molar-refractivity contribution is -0.129. The molecule has 2 aromatic rings. The SMILES string of the molecule is CCN(Cc1ccccc1)C(=O)CNc1cccc(NC(C)=O)c1. The smallest absolute Gasteiger partial charge is 0.242 e. The molecule has 5 heteroatoms. The van der Waals surface area contributed by atoms with Gasteiger partial charge in [0, 0.05) is 31.4 Å². The van der Waals surface area contributed by atoms with E-state index in [2.05, 4.69) is 10.6 Å². The molecule has 0 aliphatic carbocycles. The number of carbonyl (C=O) groups excluding carboxylic acids is 2. The number of carbonyl (C=O) groups is 2. The number of rotatable bonds is 7. The Labute approximate surface area is 142 Å². The summed E-state index contributed by atoms with van der Waals surface area (Å²) in [6.07, 6.45) is 0. The first-order valence-electron chi connectivity index (χ1n) is 8.01. The zero-order valence-electron chi connectivity index (χ0n) is 14.1. The van der Waals surface area contributed by atoms with Crippen molar-refractivity contribution < 1.29 is 9.59 Å². The molecule has 0 heterocycles. The highest BCUT2D eigenvalue weighted by Gasteiger charge is 2.11. The van der Waals surface area contributed by atoms with Crippen molar-refractivity contribution >= 4 is 23.2 Å². The molecule has 0 atom stereocenters. The maximum absolute atomic E-state index is 12.4. The maximum atomic E-state index is 12.4. The van der Waals surface area contributed by atoms with Gasteiger partial charge in [-0.1, -0.05) is 36.4 Å². The van der Waals surface area contributed by atoms with Crippen LogP contribution in [0.4, 0.5) is 11.4 Å². The van der Waals surface area contributed by atoms with Crippen LogP contribution in [0.15, 0.2) is 54.6 Å². The van der Waals surface area contributed by atoms with Gasteiger partial charge in [0.25, 0.3) is 0 Å². The molecule has 2 rings (SSSR count). The molecule has 0 saturated carbocycles. The number of benzene rings is 2. The molecule has 0 spiro atoms. The Balaban J connectivity index is 1.92. The monoisotopic (exact) mass is 325 g/mol. The Hall–Kier alpha value is -2.82. The molecule has 24 heavy (non-hydrogen) atoms. The van der Waals surface area contributed by atoms with E-state index in [1.54, 1.807) is 4.90 Å². The molecule has 0 aliphatic heterocycles. The van der Waals surface area contributed by atoms with Crippen LogP contribution in [0.2, 0.25) is 0 Å². The summed E-state index contributed by atoms with van der Waals surface area (Å²) in [4.78, 5) is 25.3. The van der Waals surface area contributed by atoms with Crippen LogP contribution in [0.3, 0.4) is 0 Å². The highest BCUT2D eigenvalue weighted by atomic mass is 16.2. The van der Waals surface area contributed by atoms with Crippen LogP contribution in [-0.4, -0.2) is 29.8 Å². The first kappa shape index (κ1) is 17.5. The standard InChI is InChI=1S/C19H23N3O2/c1-3-22(14-16-8-5-4-6-9-16)19(24)13-20-17-10-7-11-18(12-17)21-15(2)23/h4-12,20H,3,13-14H2,1-2H3,(H,21,23). The van der Waals surface area contributed by atoms with Gasteiger partial charge in [-0.2, -0.15) is 0 Å².